The van der Waals surface area contributed by atoms with Crippen molar-refractivity contribution in [2.24, 2.45) is 5.92 Å². The van der Waals surface area contributed by atoms with Crippen molar-refractivity contribution in [3.8, 4) is 0 Å². The number of nitrogens with zero attached hydrogens (tertiary/aromatic N) is 1. The summed E-state index contributed by atoms with van der Waals surface area (Å²) in [6.07, 6.45) is 1.39. The van der Waals surface area contributed by atoms with Gasteiger partial charge in [0.1, 0.15) is 4.90 Å². The van der Waals surface area contributed by atoms with Crippen molar-refractivity contribution in [3.05, 3.63) is 23.8 Å². The van der Waals surface area contributed by atoms with E-state index in [1.165, 1.54) is 4.31 Å². The lowest BCUT2D eigenvalue weighted by atomic mass is 10.00. The number of aliphatic hydroxyl groups is 1. The van der Waals surface area contributed by atoms with E-state index in [0.717, 1.165) is 0 Å². The fraction of sp³-hybridized carbons (Fsp3) is 0.538. The van der Waals surface area contributed by atoms with Gasteiger partial charge in [0.25, 0.3) is 0 Å². The van der Waals surface area contributed by atoms with Gasteiger partial charge >= 0.3 is 0 Å². The van der Waals surface area contributed by atoms with Crippen molar-refractivity contribution in [2.75, 3.05) is 25.4 Å². The number of benzene rings is 1. The highest BCUT2D eigenvalue weighted by atomic mass is 32.2. The summed E-state index contributed by atoms with van der Waals surface area (Å²) >= 11 is 0. The average Bonchev–Trinajstić information content (AvgIpc) is 2.38. The van der Waals surface area contributed by atoms with Crippen molar-refractivity contribution in [2.45, 2.75) is 24.7 Å². The zero-order chi connectivity index (χ0) is 14.0. The second-order valence-electron chi connectivity index (χ2n) is 5.02. The first-order valence-electron chi connectivity index (χ1n) is 6.43. The summed E-state index contributed by atoms with van der Waals surface area (Å²) in [4.78, 5) is 0.220. The summed E-state index contributed by atoms with van der Waals surface area (Å²) in [6.45, 7) is 2.77. The third kappa shape index (κ3) is 2.75. The third-order valence-electron chi connectivity index (χ3n) is 3.67. The maximum absolute atomic E-state index is 12.6. The molecule has 0 unspecified atom stereocenters. The molecule has 1 heterocycles. The Kier molecular flexibility index (Phi) is 4.13. The number of hydrogen-bond donors (Lipinski definition) is 2. The largest absolute Gasteiger partial charge is 0.398 e. The molecule has 1 aromatic rings. The zero-order valence-electron chi connectivity index (χ0n) is 11.0. The number of aryl methyl sites for hydroxylation is 1. The van der Waals surface area contributed by atoms with Crippen LogP contribution in [0.1, 0.15) is 18.4 Å². The second-order valence-corrected chi connectivity index (χ2v) is 6.90. The highest BCUT2D eigenvalue weighted by Gasteiger charge is 2.31. The Hall–Kier alpha value is -1.11. The van der Waals surface area contributed by atoms with Crippen LogP contribution in [0, 0.1) is 12.8 Å². The Morgan fingerprint density at radius 1 is 1.37 bits per heavy atom. The Bertz CT molecular complexity index is 529. The van der Waals surface area contributed by atoms with Crippen LogP contribution in [-0.4, -0.2) is 37.5 Å². The second kappa shape index (κ2) is 5.48. The van der Waals surface area contributed by atoms with Crippen molar-refractivity contribution < 1.29 is 13.5 Å². The molecule has 19 heavy (non-hydrogen) atoms. The molecule has 2 rings (SSSR count). The van der Waals surface area contributed by atoms with Gasteiger partial charge in [0.15, 0.2) is 0 Å². The molecule has 1 fully saturated rings. The van der Waals surface area contributed by atoms with Gasteiger partial charge in [-0.15, -0.1) is 0 Å². The number of sulfonamides is 1. The van der Waals surface area contributed by atoms with Crippen molar-refractivity contribution in [1.82, 2.24) is 4.31 Å². The molecule has 0 saturated carbocycles. The van der Waals surface area contributed by atoms with Crippen LogP contribution in [0.5, 0.6) is 0 Å². The Morgan fingerprint density at radius 2 is 2.00 bits per heavy atom. The van der Waals surface area contributed by atoms with E-state index in [9.17, 15) is 8.42 Å². The van der Waals surface area contributed by atoms with Gasteiger partial charge in [0.2, 0.25) is 10.0 Å². The maximum Gasteiger partial charge on any atom is 0.245 e. The van der Waals surface area contributed by atoms with Gasteiger partial charge in [-0.25, -0.2) is 8.42 Å². The van der Waals surface area contributed by atoms with Crippen LogP contribution in [0.25, 0.3) is 0 Å². The normalized spacial score (nSPS) is 18.6. The van der Waals surface area contributed by atoms with E-state index >= 15 is 0 Å². The zero-order valence-corrected chi connectivity index (χ0v) is 11.9. The summed E-state index contributed by atoms with van der Waals surface area (Å²) in [5.74, 6) is 0.209. The van der Waals surface area contributed by atoms with Crippen LogP contribution in [0.15, 0.2) is 23.1 Å². The van der Waals surface area contributed by atoms with Crippen LogP contribution < -0.4 is 5.73 Å². The molecular formula is C13H20N2O3S. The molecule has 0 atom stereocenters. The minimum absolute atomic E-state index is 0.125. The van der Waals surface area contributed by atoms with Crippen molar-refractivity contribution in [3.63, 3.8) is 0 Å². The lowest BCUT2D eigenvalue weighted by molar-refractivity contribution is 0.170. The van der Waals surface area contributed by atoms with Gasteiger partial charge < -0.3 is 10.8 Å². The van der Waals surface area contributed by atoms with Gasteiger partial charge in [0, 0.05) is 19.7 Å². The van der Waals surface area contributed by atoms with Gasteiger partial charge in [-0.1, -0.05) is 12.1 Å². The van der Waals surface area contributed by atoms with Crippen molar-refractivity contribution >= 4 is 15.7 Å². The van der Waals surface area contributed by atoms with E-state index in [4.69, 9.17) is 10.8 Å². The van der Waals surface area contributed by atoms with Crippen LogP contribution in [0.3, 0.4) is 0 Å². The average molecular weight is 284 g/mol. The Balaban J connectivity index is 2.29. The van der Waals surface area contributed by atoms with Gasteiger partial charge in [-0.05, 0) is 37.3 Å². The number of nitrogen functional groups attached to an aromatic ring is 1. The highest BCUT2D eigenvalue weighted by molar-refractivity contribution is 7.89. The predicted octanol–water partition coefficient (Wildman–Crippen LogP) is 0.970. The molecule has 1 saturated heterocycles. The molecule has 0 amide bonds. The lowest BCUT2D eigenvalue weighted by Gasteiger charge is -2.31. The summed E-state index contributed by atoms with van der Waals surface area (Å²) in [7, 11) is -3.53. The minimum Gasteiger partial charge on any atom is -0.398 e. The maximum atomic E-state index is 12.6. The molecule has 3 N–H and O–H groups in total. The quantitative estimate of drug-likeness (QED) is 0.810. The predicted molar refractivity (Wildman–Crippen MR) is 74.2 cm³/mol. The van der Waals surface area contributed by atoms with Gasteiger partial charge in [-0.2, -0.15) is 4.31 Å². The topological polar surface area (TPSA) is 83.6 Å². The number of anilines is 1. The molecule has 1 aliphatic heterocycles. The molecule has 1 aliphatic rings. The fourth-order valence-corrected chi connectivity index (χ4v) is 4.28. The number of nitrogens with two attached hydrogens (primary N) is 1. The first kappa shape index (κ1) is 14.3. The summed E-state index contributed by atoms with van der Waals surface area (Å²) in [6, 6.07) is 5.12. The lowest BCUT2D eigenvalue weighted by Crippen LogP contribution is -2.39. The standard InChI is InChI=1S/C13H20N2O3S/c1-10-3-2-4-12(14)13(10)19(17,18)15-7-5-11(9-16)6-8-15/h2-4,11,16H,5-9,14H2,1H3. The first-order valence-corrected chi connectivity index (χ1v) is 7.87. The van der Waals surface area contributed by atoms with Crippen LogP contribution in [-0.2, 0) is 10.0 Å². The smallest absolute Gasteiger partial charge is 0.245 e. The minimum atomic E-state index is -3.53. The Morgan fingerprint density at radius 3 is 2.53 bits per heavy atom. The highest BCUT2D eigenvalue weighted by Crippen LogP contribution is 2.29. The summed E-state index contributed by atoms with van der Waals surface area (Å²) in [5.41, 5.74) is 6.79. The monoisotopic (exact) mass is 284 g/mol. The summed E-state index contributed by atoms with van der Waals surface area (Å²) in [5, 5.41) is 9.10. The molecule has 5 nitrogen and oxygen atoms in total. The van der Waals surface area contributed by atoms with Crippen LogP contribution >= 0.6 is 0 Å². The molecule has 0 aliphatic carbocycles. The van der Waals surface area contributed by atoms with Crippen LogP contribution in [0.4, 0.5) is 5.69 Å². The molecule has 106 valence electrons. The fourth-order valence-electron chi connectivity index (χ4n) is 2.49. The Labute approximate surface area is 114 Å². The number of rotatable bonds is 3. The molecule has 0 bridgehead atoms. The third-order valence-corrected chi connectivity index (χ3v) is 5.79. The molecular weight excluding hydrogens is 264 g/mol. The molecule has 6 heteroatoms. The van der Waals surface area contributed by atoms with Gasteiger partial charge in [-0.3, -0.25) is 0 Å². The van der Waals surface area contributed by atoms with E-state index in [1.807, 2.05) is 0 Å². The van der Waals surface area contributed by atoms with E-state index in [1.54, 1.807) is 25.1 Å². The molecule has 1 aromatic carbocycles. The van der Waals surface area contributed by atoms with Crippen molar-refractivity contribution in [1.29, 1.82) is 0 Å². The first-order chi connectivity index (χ1) is 8.96. The van der Waals surface area contributed by atoms with E-state index in [-0.39, 0.29) is 17.4 Å². The number of piperidine rings is 1. The number of aliphatic hydroxyl groups excluding tert-OH is 1. The molecule has 0 radical (unpaired) electrons. The van der Waals surface area contributed by atoms with E-state index < -0.39 is 10.0 Å². The van der Waals surface area contributed by atoms with Crippen LogP contribution in [0.2, 0.25) is 0 Å². The van der Waals surface area contributed by atoms with E-state index in [0.29, 0.717) is 37.2 Å². The van der Waals surface area contributed by atoms with E-state index in [2.05, 4.69) is 0 Å². The summed E-state index contributed by atoms with van der Waals surface area (Å²) < 4.78 is 26.7. The molecule has 0 aromatic heterocycles. The number of hydrogen-bond acceptors (Lipinski definition) is 4. The van der Waals surface area contributed by atoms with Gasteiger partial charge in [0.05, 0.1) is 5.69 Å². The molecule has 0 spiro atoms. The SMILES string of the molecule is Cc1cccc(N)c1S(=O)(=O)N1CCC(CO)CC1.